The Hall–Kier alpha value is -0.920. The molecule has 1 aliphatic rings. The van der Waals surface area contributed by atoms with Crippen LogP contribution in [0, 0.1) is 0 Å². The summed E-state index contributed by atoms with van der Waals surface area (Å²) in [5.74, 6) is 0. The Morgan fingerprint density at radius 1 is 1.41 bits per heavy atom. The van der Waals surface area contributed by atoms with Gasteiger partial charge in [-0.25, -0.2) is 13.4 Å². The van der Waals surface area contributed by atoms with Gasteiger partial charge in [-0.2, -0.15) is 0 Å². The second kappa shape index (κ2) is 4.75. The number of para-hydroxylation sites is 1. The zero-order valence-electron chi connectivity index (χ0n) is 8.82. The van der Waals surface area contributed by atoms with E-state index in [-0.39, 0.29) is 11.4 Å². The maximum absolute atomic E-state index is 12.2. The smallest absolute Gasteiger partial charge is 0.267 e. The molecule has 1 atom stereocenters. The first-order valence-corrected chi connectivity index (χ1v) is 7.51. The molecule has 0 saturated heterocycles. The SMILES string of the molecule is O=S1(=O)c2ccccc2N=CN1CC(O)CBr. The number of aliphatic hydroxyl groups is 1. The van der Waals surface area contributed by atoms with Crippen molar-refractivity contribution in [3.63, 3.8) is 0 Å². The van der Waals surface area contributed by atoms with Crippen LogP contribution < -0.4 is 0 Å². The predicted octanol–water partition coefficient (Wildman–Crippen LogP) is 1.11. The maximum Gasteiger partial charge on any atom is 0.267 e. The number of halogens is 1. The molecule has 0 fully saturated rings. The summed E-state index contributed by atoms with van der Waals surface area (Å²) < 4.78 is 25.4. The largest absolute Gasteiger partial charge is 0.390 e. The van der Waals surface area contributed by atoms with Gasteiger partial charge in [-0.3, -0.25) is 4.31 Å². The predicted molar refractivity (Wildman–Crippen MR) is 68.3 cm³/mol. The number of hydrogen-bond acceptors (Lipinski definition) is 4. The van der Waals surface area contributed by atoms with E-state index < -0.39 is 16.1 Å². The van der Waals surface area contributed by atoms with E-state index in [1.165, 1.54) is 12.4 Å². The van der Waals surface area contributed by atoms with E-state index in [2.05, 4.69) is 20.9 Å². The van der Waals surface area contributed by atoms with Gasteiger partial charge in [0.15, 0.2) is 0 Å². The average molecular weight is 319 g/mol. The normalized spacial score (nSPS) is 18.8. The van der Waals surface area contributed by atoms with E-state index in [0.29, 0.717) is 11.0 Å². The maximum atomic E-state index is 12.2. The summed E-state index contributed by atoms with van der Waals surface area (Å²) in [7, 11) is -3.58. The number of alkyl halides is 1. The Morgan fingerprint density at radius 2 is 2.12 bits per heavy atom. The zero-order chi connectivity index (χ0) is 12.5. The average Bonchev–Trinajstić information content (AvgIpc) is 2.33. The lowest BCUT2D eigenvalue weighted by Gasteiger charge is -2.25. The molecule has 0 spiro atoms. The topological polar surface area (TPSA) is 70.0 Å². The van der Waals surface area contributed by atoms with Gasteiger partial charge < -0.3 is 5.11 Å². The van der Waals surface area contributed by atoms with Crippen LogP contribution in [0.15, 0.2) is 34.2 Å². The van der Waals surface area contributed by atoms with Crippen molar-refractivity contribution in [2.75, 3.05) is 11.9 Å². The summed E-state index contributed by atoms with van der Waals surface area (Å²) in [4.78, 5) is 4.22. The number of aliphatic imine (C=N–C) groups is 1. The van der Waals surface area contributed by atoms with E-state index >= 15 is 0 Å². The number of rotatable bonds is 3. The van der Waals surface area contributed by atoms with Crippen LogP contribution in [-0.2, 0) is 10.0 Å². The first-order valence-electron chi connectivity index (χ1n) is 4.95. The fourth-order valence-electron chi connectivity index (χ4n) is 1.50. The Morgan fingerprint density at radius 3 is 2.82 bits per heavy atom. The third-order valence-corrected chi connectivity index (χ3v) is 4.86. The highest BCUT2D eigenvalue weighted by Gasteiger charge is 2.29. The Balaban J connectivity index is 2.38. The van der Waals surface area contributed by atoms with Crippen LogP contribution in [-0.4, -0.2) is 42.1 Å². The number of aliphatic hydroxyl groups excluding tert-OH is 1. The van der Waals surface area contributed by atoms with E-state index in [0.717, 1.165) is 4.31 Å². The highest BCUT2D eigenvalue weighted by Crippen LogP contribution is 2.29. The summed E-state index contributed by atoms with van der Waals surface area (Å²) >= 11 is 3.09. The third-order valence-electron chi connectivity index (χ3n) is 2.35. The number of benzene rings is 1. The summed E-state index contributed by atoms with van der Waals surface area (Å²) in [6.07, 6.45) is 0.477. The molecular formula is C10H11BrN2O3S. The molecule has 1 heterocycles. The fourth-order valence-corrected chi connectivity index (χ4v) is 3.13. The molecule has 1 unspecified atom stereocenters. The molecule has 1 aromatic rings. The molecular weight excluding hydrogens is 308 g/mol. The van der Waals surface area contributed by atoms with Gasteiger partial charge in [0.05, 0.1) is 18.3 Å². The number of sulfonamides is 1. The monoisotopic (exact) mass is 318 g/mol. The van der Waals surface area contributed by atoms with Crippen molar-refractivity contribution in [2.45, 2.75) is 11.0 Å². The summed E-state index contributed by atoms with van der Waals surface area (Å²) in [5, 5.41) is 9.79. The van der Waals surface area contributed by atoms with Crippen LogP contribution in [0.3, 0.4) is 0 Å². The van der Waals surface area contributed by atoms with Crippen LogP contribution in [0.5, 0.6) is 0 Å². The van der Waals surface area contributed by atoms with Gasteiger partial charge >= 0.3 is 0 Å². The molecule has 17 heavy (non-hydrogen) atoms. The Bertz CT molecular complexity index is 544. The second-order valence-corrected chi connectivity index (χ2v) is 6.10. The van der Waals surface area contributed by atoms with Gasteiger partial charge in [0.2, 0.25) is 0 Å². The van der Waals surface area contributed by atoms with Crippen LogP contribution >= 0.6 is 15.9 Å². The lowest BCUT2D eigenvalue weighted by Crippen LogP contribution is -2.38. The molecule has 7 heteroatoms. The molecule has 0 aromatic heterocycles. The van der Waals surface area contributed by atoms with Crippen molar-refractivity contribution in [3.8, 4) is 0 Å². The summed E-state index contributed by atoms with van der Waals surface area (Å²) in [6, 6.07) is 6.53. The Kier molecular flexibility index (Phi) is 3.50. The van der Waals surface area contributed by atoms with Crippen molar-refractivity contribution < 1.29 is 13.5 Å². The number of β-amino-alcohol motifs (C(OH)–C–C–N with tert-alkyl or cyclic N) is 1. The van der Waals surface area contributed by atoms with Crippen LogP contribution in [0.25, 0.3) is 0 Å². The molecule has 0 amide bonds. The van der Waals surface area contributed by atoms with Gasteiger partial charge in [-0.1, -0.05) is 28.1 Å². The van der Waals surface area contributed by atoms with Crippen molar-refractivity contribution in [3.05, 3.63) is 24.3 Å². The number of nitrogens with zero attached hydrogens (tertiary/aromatic N) is 2. The molecule has 1 aromatic carbocycles. The minimum atomic E-state index is -3.58. The fraction of sp³-hybridized carbons (Fsp3) is 0.300. The van der Waals surface area contributed by atoms with Crippen molar-refractivity contribution in [1.82, 2.24) is 4.31 Å². The van der Waals surface area contributed by atoms with Crippen LogP contribution in [0.2, 0.25) is 0 Å². The van der Waals surface area contributed by atoms with E-state index in [1.807, 2.05) is 0 Å². The van der Waals surface area contributed by atoms with Crippen molar-refractivity contribution in [1.29, 1.82) is 0 Å². The highest BCUT2D eigenvalue weighted by atomic mass is 79.9. The molecule has 0 bridgehead atoms. The minimum absolute atomic E-state index is 0.00851. The summed E-state index contributed by atoms with van der Waals surface area (Å²) in [5.41, 5.74) is 0.428. The van der Waals surface area contributed by atoms with Gasteiger partial charge in [0.1, 0.15) is 11.2 Å². The number of hydrogen-bond donors (Lipinski definition) is 1. The quantitative estimate of drug-likeness (QED) is 0.849. The van der Waals surface area contributed by atoms with E-state index in [1.54, 1.807) is 18.2 Å². The molecule has 2 rings (SSSR count). The molecule has 1 N–H and O–H groups in total. The van der Waals surface area contributed by atoms with Gasteiger partial charge in [0.25, 0.3) is 10.0 Å². The van der Waals surface area contributed by atoms with E-state index in [4.69, 9.17) is 0 Å². The van der Waals surface area contributed by atoms with E-state index in [9.17, 15) is 13.5 Å². The minimum Gasteiger partial charge on any atom is -0.390 e. The number of fused-ring (bicyclic) bond motifs is 1. The lowest BCUT2D eigenvalue weighted by molar-refractivity contribution is 0.186. The van der Waals surface area contributed by atoms with Crippen LogP contribution in [0.1, 0.15) is 0 Å². The molecule has 0 saturated carbocycles. The molecule has 0 aliphatic carbocycles. The second-order valence-electron chi connectivity index (χ2n) is 3.60. The zero-order valence-corrected chi connectivity index (χ0v) is 11.2. The first-order chi connectivity index (χ1) is 8.05. The molecule has 5 nitrogen and oxygen atoms in total. The van der Waals surface area contributed by atoms with Gasteiger partial charge in [-0.15, -0.1) is 0 Å². The van der Waals surface area contributed by atoms with Crippen molar-refractivity contribution >= 4 is 38.0 Å². The van der Waals surface area contributed by atoms with Crippen molar-refractivity contribution in [2.24, 2.45) is 4.99 Å². The highest BCUT2D eigenvalue weighted by molar-refractivity contribution is 9.09. The van der Waals surface area contributed by atoms with Crippen LogP contribution in [0.4, 0.5) is 5.69 Å². The standard InChI is InChI=1S/C10H11BrN2O3S/c11-5-8(14)6-13-7-12-9-3-1-2-4-10(9)17(13,15)16/h1-4,7-8,14H,5-6H2. The molecule has 1 aliphatic heterocycles. The molecule has 0 radical (unpaired) electrons. The summed E-state index contributed by atoms with van der Waals surface area (Å²) in [6.45, 7) is -0.00851. The van der Waals surface area contributed by atoms with Gasteiger partial charge in [-0.05, 0) is 12.1 Å². The Labute approximate surface area is 108 Å². The molecule has 92 valence electrons. The van der Waals surface area contributed by atoms with Gasteiger partial charge in [0, 0.05) is 5.33 Å². The lowest BCUT2D eigenvalue weighted by atomic mass is 10.3. The third kappa shape index (κ3) is 2.36. The first kappa shape index (κ1) is 12.5.